The van der Waals surface area contributed by atoms with Crippen LogP contribution in [-0.4, -0.2) is 17.0 Å². The zero-order chi connectivity index (χ0) is 15.8. The number of amides is 1. The number of ether oxygens (including phenoxy) is 1. The van der Waals surface area contributed by atoms with Crippen molar-refractivity contribution in [3.05, 3.63) is 34.7 Å². The summed E-state index contributed by atoms with van der Waals surface area (Å²) in [6, 6.07) is 8.09. The quantitative estimate of drug-likeness (QED) is 0.903. The second-order valence-corrected chi connectivity index (χ2v) is 7.23. The summed E-state index contributed by atoms with van der Waals surface area (Å²) in [6.45, 7) is 0. The summed E-state index contributed by atoms with van der Waals surface area (Å²) in [7, 11) is 0. The van der Waals surface area contributed by atoms with Gasteiger partial charge in [0.2, 0.25) is 5.91 Å². The van der Waals surface area contributed by atoms with Crippen molar-refractivity contribution in [2.24, 2.45) is 0 Å². The molecule has 3 N–H and O–H groups in total. The largest absolute Gasteiger partial charge is 0.490 e. The lowest BCUT2D eigenvalue weighted by molar-refractivity contribution is -0.116. The molecular weight excluding hydrogens is 310 g/mol. The molecule has 1 aromatic heterocycles. The molecule has 0 radical (unpaired) electrons. The third-order valence-corrected chi connectivity index (χ3v) is 5.50. The number of aromatic nitrogens is 1. The molecule has 1 amide bonds. The lowest BCUT2D eigenvalue weighted by atomic mass is 9.91. The average molecular weight is 329 g/mol. The highest BCUT2D eigenvalue weighted by Crippen LogP contribution is 2.42. The van der Waals surface area contributed by atoms with Crippen LogP contribution < -0.4 is 15.8 Å². The Morgan fingerprint density at radius 3 is 2.96 bits per heavy atom. The lowest BCUT2D eigenvalue weighted by Crippen LogP contribution is -2.22. The summed E-state index contributed by atoms with van der Waals surface area (Å²) in [5.74, 6) is 1.48. The molecule has 1 aromatic carbocycles. The summed E-state index contributed by atoms with van der Waals surface area (Å²) in [5.41, 5.74) is 6.90. The lowest BCUT2D eigenvalue weighted by Gasteiger charge is -2.22. The molecule has 23 heavy (non-hydrogen) atoms. The minimum atomic E-state index is -0.0186. The summed E-state index contributed by atoms with van der Waals surface area (Å²) >= 11 is 1.45. The van der Waals surface area contributed by atoms with Gasteiger partial charge in [0.25, 0.3) is 0 Å². The monoisotopic (exact) mass is 329 g/mol. The van der Waals surface area contributed by atoms with Gasteiger partial charge in [-0.1, -0.05) is 23.5 Å². The van der Waals surface area contributed by atoms with Crippen LogP contribution in [0.2, 0.25) is 0 Å². The molecule has 0 saturated heterocycles. The second-order valence-electron chi connectivity index (χ2n) is 6.17. The number of benzene rings is 1. The number of nitrogens with two attached hydrogens (primary N) is 1. The molecule has 1 fully saturated rings. The van der Waals surface area contributed by atoms with Gasteiger partial charge >= 0.3 is 0 Å². The minimum absolute atomic E-state index is 0.000628. The first-order valence-electron chi connectivity index (χ1n) is 8.02. The van der Waals surface area contributed by atoms with Crippen LogP contribution in [-0.2, 0) is 4.79 Å². The molecule has 0 bridgehead atoms. The normalized spacial score (nSPS) is 21.0. The molecule has 4 rings (SSSR count). The second kappa shape index (κ2) is 5.85. The molecule has 2 aromatic rings. The first kappa shape index (κ1) is 14.5. The number of fused-ring (bicyclic) bond motifs is 1. The van der Waals surface area contributed by atoms with Crippen molar-refractivity contribution in [2.75, 3.05) is 11.1 Å². The molecule has 1 aliphatic heterocycles. The highest BCUT2D eigenvalue weighted by molar-refractivity contribution is 7.16. The number of nitrogens with one attached hydrogen (secondary N) is 1. The van der Waals surface area contributed by atoms with Crippen molar-refractivity contribution in [1.82, 2.24) is 4.98 Å². The van der Waals surface area contributed by atoms with Crippen LogP contribution in [0.1, 0.15) is 48.5 Å². The molecule has 5 nitrogen and oxygen atoms in total. The van der Waals surface area contributed by atoms with Gasteiger partial charge < -0.3 is 15.8 Å². The Kier molecular flexibility index (Phi) is 3.69. The highest BCUT2D eigenvalue weighted by Gasteiger charge is 2.30. The molecule has 0 unspecified atom stereocenters. The molecule has 1 saturated carbocycles. The molecule has 1 atom stereocenters. The van der Waals surface area contributed by atoms with Crippen LogP contribution >= 0.6 is 11.3 Å². The molecule has 1 aliphatic carbocycles. The molecule has 2 heterocycles. The Bertz CT molecular complexity index is 737. The standard InChI is InChI=1S/C17H19N3O2S/c18-17-20-16-15(23-17)13(9-14(21)19-16)10-4-3-7-12(8-10)22-11-5-1-2-6-11/h3-4,7-8,11,13H,1-2,5-6,9H2,(H2,18,20)(H,19,21)/t13-/m0/s1. The van der Waals surface area contributed by atoms with E-state index in [0.717, 1.165) is 29.0 Å². The fourth-order valence-electron chi connectivity index (χ4n) is 3.41. The van der Waals surface area contributed by atoms with Crippen molar-refractivity contribution < 1.29 is 9.53 Å². The van der Waals surface area contributed by atoms with Crippen LogP contribution in [0.5, 0.6) is 5.75 Å². The smallest absolute Gasteiger partial charge is 0.226 e. The van der Waals surface area contributed by atoms with E-state index >= 15 is 0 Å². The van der Waals surface area contributed by atoms with Gasteiger partial charge in [-0.25, -0.2) is 4.98 Å². The van der Waals surface area contributed by atoms with Gasteiger partial charge in [-0.3, -0.25) is 4.79 Å². The highest BCUT2D eigenvalue weighted by atomic mass is 32.1. The number of carbonyl (C=O) groups excluding carboxylic acids is 1. The maximum absolute atomic E-state index is 12.0. The van der Waals surface area contributed by atoms with E-state index in [-0.39, 0.29) is 11.8 Å². The van der Waals surface area contributed by atoms with Crippen LogP contribution in [0, 0.1) is 0 Å². The Morgan fingerprint density at radius 2 is 2.13 bits per heavy atom. The van der Waals surface area contributed by atoms with E-state index in [2.05, 4.69) is 16.4 Å². The number of carbonyl (C=O) groups is 1. The number of anilines is 2. The van der Waals surface area contributed by atoms with E-state index < -0.39 is 0 Å². The SMILES string of the molecule is Nc1nc2c(s1)[C@H](c1cccc(OC3CCCC3)c1)CC(=O)N2. The van der Waals surface area contributed by atoms with Gasteiger partial charge in [0.15, 0.2) is 5.13 Å². The van der Waals surface area contributed by atoms with Crippen LogP contribution in [0.15, 0.2) is 24.3 Å². The van der Waals surface area contributed by atoms with Crippen molar-refractivity contribution in [2.45, 2.75) is 44.1 Å². The average Bonchev–Trinajstić information content (AvgIpc) is 3.15. The van der Waals surface area contributed by atoms with E-state index in [1.54, 1.807) is 0 Å². The predicted molar refractivity (Wildman–Crippen MR) is 90.9 cm³/mol. The predicted octanol–water partition coefficient (Wildman–Crippen LogP) is 3.52. The van der Waals surface area contributed by atoms with Crippen molar-refractivity contribution >= 4 is 28.2 Å². The van der Waals surface area contributed by atoms with Gasteiger partial charge in [0.1, 0.15) is 11.6 Å². The van der Waals surface area contributed by atoms with Crippen molar-refractivity contribution in [1.29, 1.82) is 0 Å². The van der Waals surface area contributed by atoms with Crippen LogP contribution in [0.4, 0.5) is 10.9 Å². The van der Waals surface area contributed by atoms with Gasteiger partial charge in [0, 0.05) is 12.3 Å². The van der Waals surface area contributed by atoms with Gasteiger partial charge in [-0.05, 0) is 43.4 Å². The third kappa shape index (κ3) is 2.91. The van der Waals surface area contributed by atoms with Crippen LogP contribution in [0.3, 0.4) is 0 Å². The summed E-state index contributed by atoms with van der Waals surface area (Å²) in [6.07, 6.45) is 5.50. The topological polar surface area (TPSA) is 77.2 Å². The molecular formula is C17H19N3O2S. The first-order valence-corrected chi connectivity index (χ1v) is 8.83. The number of hydrogen-bond acceptors (Lipinski definition) is 5. The number of thiazole rings is 1. The zero-order valence-electron chi connectivity index (χ0n) is 12.7. The summed E-state index contributed by atoms with van der Waals surface area (Å²) in [4.78, 5) is 17.2. The van der Waals surface area contributed by atoms with E-state index in [0.29, 0.717) is 23.5 Å². The van der Waals surface area contributed by atoms with Crippen molar-refractivity contribution in [3.8, 4) is 5.75 Å². The van der Waals surface area contributed by atoms with E-state index in [1.165, 1.54) is 24.2 Å². The maximum Gasteiger partial charge on any atom is 0.226 e. The van der Waals surface area contributed by atoms with E-state index in [9.17, 15) is 4.79 Å². The number of hydrogen-bond donors (Lipinski definition) is 2. The number of nitrogens with zero attached hydrogens (tertiary/aromatic N) is 1. The van der Waals surface area contributed by atoms with Crippen LogP contribution in [0.25, 0.3) is 0 Å². The Labute approximate surface area is 138 Å². The summed E-state index contributed by atoms with van der Waals surface area (Å²) in [5, 5.41) is 3.29. The Balaban J connectivity index is 1.63. The van der Waals surface area contributed by atoms with Crippen molar-refractivity contribution in [3.63, 3.8) is 0 Å². The zero-order valence-corrected chi connectivity index (χ0v) is 13.6. The maximum atomic E-state index is 12.0. The van der Waals surface area contributed by atoms with Gasteiger partial charge in [-0.2, -0.15) is 0 Å². The first-order chi connectivity index (χ1) is 11.2. The number of rotatable bonds is 3. The van der Waals surface area contributed by atoms with Gasteiger partial charge in [0.05, 0.1) is 11.0 Å². The van der Waals surface area contributed by atoms with Gasteiger partial charge in [-0.15, -0.1) is 0 Å². The molecule has 0 spiro atoms. The molecule has 120 valence electrons. The minimum Gasteiger partial charge on any atom is -0.490 e. The fraction of sp³-hybridized carbons (Fsp3) is 0.412. The molecule has 2 aliphatic rings. The van der Waals surface area contributed by atoms with E-state index in [4.69, 9.17) is 10.5 Å². The fourth-order valence-corrected chi connectivity index (χ4v) is 4.33. The third-order valence-electron chi connectivity index (χ3n) is 4.50. The summed E-state index contributed by atoms with van der Waals surface area (Å²) < 4.78 is 6.09. The van der Waals surface area contributed by atoms with E-state index in [1.807, 2.05) is 18.2 Å². The molecule has 6 heteroatoms. The number of nitrogen functional groups attached to an aromatic ring is 1. The Morgan fingerprint density at radius 1 is 1.30 bits per heavy atom. The Hall–Kier alpha value is -2.08.